The summed E-state index contributed by atoms with van der Waals surface area (Å²) in [5.74, 6) is 1.01. The molecule has 112 valence electrons. The highest BCUT2D eigenvalue weighted by Gasteiger charge is 2.12. The number of nitrogens with one attached hydrogen (secondary N) is 1. The van der Waals surface area contributed by atoms with Gasteiger partial charge in [0.05, 0.1) is 0 Å². The third-order valence-electron chi connectivity index (χ3n) is 3.39. The maximum absolute atomic E-state index is 6.13. The molecule has 0 bridgehead atoms. The van der Waals surface area contributed by atoms with Gasteiger partial charge in [0.25, 0.3) is 0 Å². The predicted octanol–water partition coefficient (Wildman–Crippen LogP) is 5.48. The topological polar surface area (TPSA) is 12.0 Å². The molecule has 1 nitrogen and oxygen atoms in total. The standard InChI is InChI=1S/C18H22ClNS/c1-3-11-20-17(15-8-6-9-16(19)12-15)13-21-18-10-5-4-7-14(18)2/h4-10,12,17,20H,3,11,13H2,1-2H3. The Kier molecular flexibility index (Phi) is 6.62. The molecule has 1 unspecified atom stereocenters. The van der Waals surface area contributed by atoms with Gasteiger partial charge in [-0.25, -0.2) is 0 Å². The highest BCUT2D eigenvalue weighted by atomic mass is 35.5. The lowest BCUT2D eigenvalue weighted by molar-refractivity contribution is 0.577. The lowest BCUT2D eigenvalue weighted by Crippen LogP contribution is -2.24. The number of rotatable bonds is 7. The third kappa shape index (κ3) is 5.06. The number of hydrogen-bond acceptors (Lipinski definition) is 2. The maximum Gasteiger partial charge on any atom is 0.0415 e. The molecule has 0 amide bonds. The molecule has 2 aromatic rings. The van der Waals surface area contributed by atoms with Gasteiger partial charge >= 0.3 is 0 Å². The van der Waals surface area contributed by atoms with Gasteiger partial charge in [0.2, 0.25) is 0 Å². The van der Waals surface area contributed by atoms with Crippen molar-refractivity contribution in [2.75, 3.05) is 12.3 Å². The highest BCUT2D eigenvalue weighted by molar-refractivity contribution is 7.99. The van der Waals surface area contributed by atoms with Crippen molar-refractivity contribution in [1.82, 2.24) is 5.32 Å². The van der Waals surface area contributed by atoms with Crippen molar-refractivity contribution < 1.29 is 0 Å². The van der Waals surface area contributed by atoms with E-state index in [2.05, 4.69) is 55.6 Å². The fourth-order valence-corrected chi connectivity index (χ4v) is 3.53. The first kappa shape index (κ1) is 16.4. The second kappa shape index (κ2) is 8.47. The van der Waals surface area contributed by atoms with Crippen molar-refractivity contribution in [2.24, 2.45) is 0 Å². The molecule has 0 fully saturated rings. The summed E-state index contributed by atoms with van der Waals surface area (Å²) < 4.78 is 0. The summed E-state index contributed by atoms with van der Waals surface area (Å²) >= 11 is 8.03. The van der Waals surface area contributed by atoms with Gasteiger partial charge in [-0.15, -0.1) is 11.8 Å². The van der Waals surface area contributed by atoms with E-state index >= 15 is 0 Å². The Morgan fingerprint density at radius 2 is 1.95 bits per heavy atom. The second-order valence-corrected chi connectivity index (χ2v) is 6.64. The molecular weight excluding hydrogens is 298 g/mol. The second-order valence-electron chi connectivity index (χ2n) is 5.14. The Bertz CT molecular complexity index is 571. The molecular formula is C18H22ClNS. The normalized spacial score (nSPS) is 12.3. The van der Waals surface area contributed by atoms with Crippen molar-refractivity contribution in [1.29, 1.82) is 0 Å². The molecule has 3 heteroatoms. The van der Waals surface area contributed by atoms with Crippen LogP contribution in [-0.4, -0.2) is 12.3 Å². The first-order chi connectivity index (χ1) is 10.2. The van der Waals surface area contributed by atoms with Gasteiger partial charge in [0, 0.05) is 21.7 Å². The van der Waals surface area contributed by atoms with Crippen LogP contribution in [0.1, 0.15) is 30.5 Å². The fourth-order valence-electron chi connectivity index (χ4n) is 2.21. The molecule has 0 aliphatic heterocycles. The minimum absolute atomic E-state index is 0.327. The third-order valence-corrected chi connectivity index (χ3v) is 4.90. The number of aryl methyl sites for hydroxylation is 1. The molecule has 2 rings (SSSR count). The molecule has 0 saturated heterocycles. The van der Waals surface area contributed by atoms with Gasteiger partial charge in [0.15, 0.2) is 0 Å². The molecule has 0 aromatic heterocycles. The molecule has 1 atom stereocenters. The van der Waals surface area contributed by atoms with Gasteiger partial charge in [-0.2, -0.15) is 0 Å². The number of halogens is 1. The van der Waals surface area contributed by atoms with Gasteiger partial charge in [-0.3, -0.25) is 0 Å². The lowest BCUT2D eigenvalue weighted by atomic mass is 10.1. The minimum atomic E-state index is 0.327. The molecule has 0 heterocycles. The van der Waals surface area contributed by atoms with E-state index in [1.165, 1.54) is 16.0 Å². The van der Waals surface area contributed by atoms with E-state index in [-0.39, 0.29) is 0 Å². The average Bonchev–Trinajstić information content (AvgIpc) is 2.49. The number of benzene rings is 2. The first-order valence-electron chi connectivity index (χ1n) is 7.38. The zero-order valence-corrected chi connectivity index (χ0v) is 14.2. The van der Waals surface area contributed by atoms with Crippen LogP contribution in [0.5, 0.6) is 0 Å². The first-order valence-corrected chi connectivity index (χ1v) is 8.74. The average molecular weight is 320 g/mol. The highest BCUT2D eigenvalue weighted by Crippen LogP contribution is 2.28. The van der Waals surface area contributed by atoms with E-state index in [0.29, 0.717) is 6.04 Å². The largest absolute Gasteiger partial charge is 0.309 e. The van der Waals surface area contributed by atoms with Gasteiger partial charge < -0.3 is 5.32 Å². The monoisotopic (exact) mass is 319 g/mol. The Hall–Kier alpha value is -0.960. The Balaban J connectivity index is 2.08. The smallest absolute Gasteiger partial charge is 0.0415 e. The summed E-state index contributed by atoms with van der Waals surface area (Å²) in [7, 11) is 0. The Morgan fingerprint density at radius 1 is 1.14 bits per heavy atom. The maximum atomic E-state index is 6.13. The summed E-state index contributed by atoms with van der Waals surface area (Å²) in [6.45, 7) is 5.37. The molecule has 0 spiro atoms. The minimum Gasteiger partial charge on any atom is -0.309 e. The van der Waals surface area contributed by atoms with Crippen LogP contribution >= 0.6 is 23.4 Å². The molecule has 0 radical (unpaired) electrons. The van der Waals surface area contributed by atoms with Gasteiger partial charge in [-0.05, 0) is 49.2 Å². The molecule has 0 aliphatic carbocycles. The SMILES string of the molecule is CCCNC(CSc1ccccc1C)c1cccc(Cl)c1. The summed E-state index contributed by atoms with van der Waals surface area (Å²) in [5.41, 5.74) is 2.60. The van der Waals surface area contributed by atoms with Crippen molar-refractivity contribution >= 4 is 23.4 Å². The Morgan fingerprint density at radius 3 is 2.67 bits per heavy atom. The van der Waals surface area contributed by atoms with E-state index in [1.807, 2.05) is 23.9 Å². The van der Waals surface area contributed by atoms with E-state index in [9.17, 15) is 0 Å². The predicted molar refractivity (Wildman–Crippen MR) is 94.4 cm³/mol. The van der Waals surface area contributed by atoms with E-state index < -0.39 is 0 Å². The summed E-state index contributed by atoms with van der Waals surface area (Å²) in [6.07, 6.45) is 1.13. The number of hydrogen-bond donors (Lipinski definition) is 1. The zero-order chi connectivity index (χ0) is 15.1. The quantitative estimate of drug-likeness (QED) is 0.678. The molecule has 0 aliphatic rings. The van der Waals surface area contributed by atoms with Crippen LogP contribution in [0.3, 0.4) is 0 Å². The van der Waals surface area contributed by atoms with Crippen LogP contribution in [0.25, 0.3) is 0 Å². The van der Waals surface area contributed by atoms with Crippen molar-refractivity contribution in [3.05, 3.63) is 64.7 Å². The van der Waals surface area contributed by atoms with E-state index in [1.54, 1.807) is 0 Å². The summed E-state index contributed by atoms with van der Waals surface area (Å²) in [6, 6.07) is 17.0. The van der Waals surface area contributed by atoms with Crippen LogP contribution in [0.4, 0.5) is 0 Å². The van der Waals surface area contributed by atoms with Gasteiger partial charge in [-0.1, -0.05) is 48.9 Å². The van der Waals surface area contributed by atoms with Crippen LogP contribution in [0.2, 0.25) is 5.02 Å². The van der Waals surface area contributed by atoms with Crippen LogP contribution < -0.4 is 5.32 Å². The lowest BCUT2D eigenvalue weighted by Gasteiger charge is -2.19. The number of thioether (sulfide) groups is 1. The van der Waals surface area contributed by atoms with Crippen molar-refractivity contribution in [2.45, 2.75) is 31.2 Å². The molecule has 2 aromatic carbocycles. The molecule has 0 saturated carbocycles. The van der Waals surface area contributed by atoms with Crippen LogP contribution in [-0.2, 0) is 0 Å². The van der Waals surface area contributed by atoms with Crippen molar-refractivity contribution in [3.8, 4) is 0 Å². The molecule has 21 heavy (non-hydrogen) atoms. The van der Waals surface area contributed by atoms with Crippen LogP contribution in [0.15, 0.2) is 53.4 Å². The zero-order valence-electron chi connectivity index (χ0n) is 12.6. The van der Waals surface area contributed by atoms with Gasteiger partial charge in [0.1, 0.15) is 0 Å². The van der Waals surface area contributed by atoms with E-state index in [0.717, 1.165) is 23.7 Å². The Labute approximate surface area is 137 Å². The molecule has 1 N–H and O–H groups in total. The van der Waals surface area contributed by atoms with Crippen molar-refractivity contribution in [3.63, 3.8) is 0 Å². The summed E-state index contributed by atoms with van der Waals surface area (Å²) in [4.78, 5) is 1.35. The van der Waals surface area contributed by atoms with Crippen LogP contribution in [0, 0.1) is 6.92 Å². The van der Waals surface area contributed by atoms with E-state index in [4.69, 9.17) is 11.6 Å². The summed E-state index contributed by atoms with van der Waals surface area (Å²) in [5, 5.41) is 4.43. The fraction of sp³-hybridized carbons (Fsp3) is 0.333.